The quantitative estimate of drug-likeness (QED) is 0.619. The summed E-state index contributed by atoms with van der Waals surface area (Å²) >= 11 is 5.97. The Kier molecular flexibility index (Phi) is 6.45. The van der Waals surface area contributed by atoms with Crippen molar-refractivity contribution in [3.05, 3.63) is 101 Å². The average molecular weight is 393 g/mol. The minimum atomic E-state index is -0.241. The van der Waals surface area contributed by atoms with E-state index in [4.69, 9.17) is 11.6 Å². The van der Waals surface area contributed by atoms with Crippen LogP contribution in [0, 0.1) is 0 Å². The predicted octanol–water partition coefficient (Wildman–Crippen LogP) is 5.01. The zero-order valence-corrected chi connectivity index (χ0v) is 16.2. The second-order valence-corrected chi connectivity index (χ2v) is 6.94. The van der Waals surface area contributed by atoms with Crippen LogP contribution in [0.2, 0.25) is 5.02 Å². The van der Waals surface area contributed by atoms with Gasteiger partial charge in [0, 0.05) is 5.02 Å². The molecule has 3 rings (SSSR count). The molecule has 0 saturated carbocycles. The molecule has 0 aliphatic rings. The summed E-state index contributed by atoms with van der Waals surface area (Å²) in [5.74, 6) is -0.450. The van der Waals surface area contributed by atoms with Crippen molar-refractivity contribution >= 4 is 29.1 Å². The molecule has 3 aromatic rings. The molecule has 2 N–H and O–H groups in total. The van der Waals surface area contributed by atoms with E-state index in [2.05, 4.69) is 10.6 Å². The standard InChI is InChI=1S/C23H21ClN2O2/c1-16(18-9-3-2-4-10-18)25-23(28)20-12-5-6-13-21(20)26-22(27)15-17-8-7-11-19(24)14-17/h2-14,16H,15H2,1H3,(H,25,28)(H,26,27)/t16-/m0/s1. The van der Waals surface area contributed by atoms with Gasteiger partial charge in [0.15, 0.2) is 0 Å². The largest absolute Gasteiger partial charge is 0.345 e. The van der Waals surface area contributed by atoms with Gasteiger partial charge in [-0.2, -0.15) is 0 Å². The van der Waals surface area contributed by atoms with Gasteiger partial charge in [0.1, 0.15) is 0 Å². The summed E-state index contributed by atoms with van der Waals surface area (Å²) in [6, 6.07) is 23.7. The van der Waals surface area contributed by atoms with Crippen LogP contribution >= 0.6 is 11.6 Å². The second-order valence-electron chi connectivity index (χ2n) is 6.51. The Balaban J connectivity index is 1.70. The highest BCUT2D eigenvalue weighted by molar-refractivity contribution is 6.30. The minimum Gasteiger partial charge on any atom is -0.345 e. The lowest BCUT2D eigenvalue weighted by Gasteiger charge is -2.16. The number of hydrogen-bond donors (Lipinski definition) is 2. The molecular weight excluding hydrogens is 372 g/mol. The minimum absolute atomic E-state index is 0.149. The number of anilines is 1. The summed E-state index contributed by atoms with van der Waals surface area (Å²) in [4.78, 5) is 25.2. The molecule has 0 aliphatic heterocycles. The normalized spacial score (nSPS) is 11.5. The second kappa shape index (κ2) is 9.20. The third kappa shape index (κ3) is 5.21. The molecule has 1 atom stereocenters. The van der Waals surface area contributed by atoms with E-state index in [0.29, 0.717) is 16.3 Å². The molecule has 0 fully saturated rings. The molecular formula is C23H21ClN2O2. The van der Waals surface area contributed by atoms with Crippen molar-refractivity contribution in [2.75, 3.05) is 5.32 Å². The SMILES string of the molecule is C[C@H](NC(=O)c1ccccc1NC(=O)Cc1cccc(Cl)c1)c1ccccc1. The Morgan fingerprint density at radius 3 is 2.39 bits per heavy atom. The molecule has 4 nitrogen and oxygen atoms in total. The molecule has 3 aromatic carbocycles. The van der Waals surface area contributed by atoms with Gasteiger partial charge in [-0.1, -0.05) is 66.2 Å². The fourth-order valence-electron chi connectivity index (χ4n) is 2.92. The van der Waals surface area contributed by atoms with E-state index in [1.807, 2.05) is 43.3 Å². The smallest absolute Gasteiger partial charge is 0.253 e. The van der Waals surface area contributed by atoms with Crippen LogP contribution in [0.1, 0.15) is 34.5 Å². The van der Waals surface area contributed by atoms with Crippen molar-refractivity contribution in [1.82, 2.24) is 5.32 Å². The number of halogens is 1. The first kappa shape index (κ1) is 19.6. The highest BCUT2D eigenvalue weighted by Crippen LogP contribution is 2.19. The third-order valence-electron chi connectivity index (χ3n) is 4.35. The molecule has 0 heterocycles. The van der Waals surface area contributed by atoms with E-state index in [1.165, 1.54) is 0 Å². The van der Waals surface area contributed by atoms with Crippen molar-refractivity contribution < 1.29 is 9.59 Å². The van der Waals surface area contributed by atoms with Gasteiger partial charge < -0.3 is 10.6 Å². The first-order chi connectivity index (χ1) is 13.5. The summed E-state index contributed by atoms with van der Waals surface area (Å²) in [6.07, 6.45) is 0.178. The van der Waals surface area contributed by atoms with Gasteiger partial charge in [-0.15, -0.1) is 0 Å². The van der Waals surface area contributed by atoms with Crippen LogP contribution < -0.4 is 10.6 Å². The van der Waals surface area contributed by atoms with Crippen molar-refractivity contribution in [2.45, 2.75) is 19.4 Å². The summed E-state index contributed by atoms with van der Waals surface area (Å²) < 4.78 is 0. The van der Waals surface area contributed by atoms with Crippen LogP contribution in [0.5, 0.6) is 0 Å². The zero-order valence-electron chi connectivity index (χ0n) is 15.5. The first-order valence-corrected chi connectivity index (χ1v) is 9.40. The zero-order chi connectivity index (χ0) is 19.9. The van der Waals surface area contributed by atoms with Gasteiger partial charge in [0.25, 0.3) is 5.91 Å². The van der Waals surface area contributed by atoms with E-state index in [9.17, 15) is 9.59 Å². The lowest BCUT2D eigenvalue weighted by Crippen LogP contribution is -2.28. The van der Waals surface area contributed by atoms with Crippen molar-refractivity contribution in [1.29, 1.82) is 0 Å². The lowest BCUT2D eigenvalue weighted by molar-refractivity contribution is -0.115. The molecule has 0 radical (unpaired) electrons. The van der Waals surface area contributed by atoms with Gasteiger partial charge >= 0.3 is 0 Å². The number of carbonyl (C=O) groups excluding carboxylic acids is 2. The fourth-order valence-corrected chi connectivity index (χ4v) is 3.13. The Morgan fingerprint density at radius 1 is 0.929 bits per heavy atom. The van der Waals surface area contributed by atoms with E-state index < -0.39 is 0 Å². The Hall–Kier alpha value is -3.11. The molecule has 0 spiro atoms. The number of amides is 2. The average Bonchev–Trinajstić information content (AvgIpc) is 2.69. The number of para-hydroxylation sites is 1. The number of hydrogen-bond acceptors (Lipinski definition) is 2. The molecule has 2 amide bonds. The number of carbonyl (C=O) groups is 2. The predicted molar refractivity (Wildman–Crippen MR) is 113 cm³/mol. The Bertz CT molecular complexity index is 973. The van der Waals surface area contributed by atoms with Crippen LogP contribution in [-0.4, -0.2) is 11.8 Å². The van der Waals surface area contributed by atoms with Crippen molar-refractivity contribution in [2.24, 2.45) is 0 Å². The van der Waals surface area contributed by atoms with E-state index in [1.54, 1.807) is 42.5 Å². The summed E-state index contributed by atoms with van der Waals surface area (Å²) in [7, 11) is 0. The van der Waals surface area contributed by atoms with Crippen molar-refractivity contribution in [3.63, 3.8) is 0 Å². The monoisotopic (exact) mass is 392 g/mol. The highest BCUT2D eigenvalue weighted by Gasteiger charge is 2.16. The van der Waals surface area contributed by atoms with Crippen LogP contribution in [0.4, 0.5) is 5.69 Å². The maximum absolute atomic E-state index is 12.8. The van der Waals surface area contributed by atoms with Crippen LogP contribution in [0.25, 0.3) is 0 Å². The number of benzene rings is 3. The maximum Gasteiger partial charge on any atom is 0.253 e. The molecule has 142 valence electrons. The lowest BCUT2D eigenvalue weighted by atomic mass is 10.1. The van der Waals surface area contributed by atoms with Gasteiger partial charge in [-0.05, 0) is 42.3 Å². The third-order valence-corrected chi connectivity index (χ3v) is 4.58. The van der Waals surface area contributed by atoms with Crippen LogP contribution in [-0.2, 0) is 11.2 Å². The molecule has 0 unspecified atom stereocenters. The summed E-state index contributed by atoms with van der Waals surface area (Å²) in [5, 5.41) is 6.39. The molecule has 0 saturated heterocycles. The number of nitrogens with one attached hydrogen (secondary N) is 2. The van der Waals surface area contributed by atoms with Gasteiger partial charge in [0.2, 0.25) is 5.91 Å². The van der Waals surface area contributed by atoms with Gasteiger partial charge in [-0.25, -0.2) is 0 Å². The molecule has 0 aromatic heterocycles. The molecule has 5 heteroatoms. The highest BCUT2D eigenvalue weighted by atomic mass is 35.5. The van der Waals surface area contributed by atoms with E-state index in [-0.39, 0.29) is 24.3 Å². The summed E-state index contributed by atoms with van der Waals surface area (Å²) in [5.41, 5.74) is 2.72. The van der Waals surface area contributed by atoms with Crippen LogP contribution in [0.3, 0.4) is 0 Å². The van der Waals surface area contributed by atoms with Gasteiger partial charge in [0.05, 0.1) is 23.7 Å². The maximum atomic E-state index is 12.8. The number of rotatable bonds is 6. The van der Waals surface area contributed by atoms with E-state index in [0.717, 1.165) is 11.1 Å². The fraction of sp³-hybridized carbons (Fsp3) is 0.130. The first-order valence-electron chi connectivity index (χ1n) is 9.02. The van der Waals surface area contributed by atoms with Gasteiger partial charge in [-0.3, -0.25) is 9.59 Å². The van der Waals surface area contributed by atoms with E-state index >= 15 is 0 Å². The van der Waals surface area contributed by atoms with Crippen molar-refractivity contribution in [3.8, 4) is 0 Å². The Morgan fingerprint density at radius 2 is 1.64 bits per heavy atom. The Labute approximate surface area is 169 Å². The molecule has 28 heavy (non-hydrogen) atoms. The van der Waals surface area contributed by atoms with Crippen LogP contribution in [0.15, 0.2) is 78.9 Å². The molecule has 0 aliphatic carbocycles. The summed E-state index contributed by atoms with van der Waals surface area (Å²) in [6.45, 7) is 1.92. The molecule has 0 bridgehead atoms. The topological polar surface area (TPSA) is 58.2 Å².